The van der Waals surface area contributed by atoms with Gasteiger partial charge in [-0.1, -0.05) is 36.4 Å². The molecule has 0 spiro atoms. The van der Waals surface area contributed by atoms with Crippen LogP contribution < -0.4 is 0 Å². The zero-order valence-electron chi connectivity index (χ0n) is 13.4. The molecule has 1 fully saturated rings. The largest absolute Gasteiger partial charge is 0.392 e. The van der Waals surface area contributed by atoms with Crippen LogP contribution >= 0.6 is 0 Å². The van der Waals surface area contributed by atoms with E-state index in [9.17, 15) is 5.11 Å². The zero-order valence-corrected chi connectivity index (χ0v) is 13.4. The summed E-state index contributed by atoms with van der Waals surface area (Å²) in [5, 5.41) is 17.6. The Hall–Kier alpha value is -1.98. The van der Waals surface area contributed by atoms with Crippen LogP contribution in [0.15, 0.2) is 43.0 Å². The number of hydrogen-bond donors (Lipinski definition) is 2. The Balaban J connectivity index is 1.68. The van der Waals surface area contributed by atoms with E-state index in [0.29, 0.717) is 6.54 Å². The van der Waals surface area contributed by atoms with Gasteiger partial charge in [0.15, 0.2) is 5.82 Å². The molecule has 2 heterocycles. The first-order chi connectivity index (χ1) is 11.3. The summed E-state index contributed by atoms with van der Waals surface area (Å²) < 4.78 is 0. The minimum atomic E-state index is -0.315. The fourth-order valence-corrected chi connectivity index (χ4v) is 3.17. The summed E-state index contributed by atoms with van der Waals surface area (Å²) in [4.78, 5) is 6.98. The van der Waals surface area contributed by atoms with Crippen molar-refractivity contribution < 1.29 is 5.11 Å². The van der Waals surface area contributed by atoms with Gasteiger partial charge in [0.1, 0.15) is 5.82 Å². The van der Waals surface area contributed by atoms with E-state index >= 15 is 0 Å². The highest BCUT2D eigenvalue weighted by molar-refractivity contribution is 5.53. The first-order valence-electron chi connectivity index (χ1n) is 8.28. The molecular weight excluding hydrogens is 288 g/mol. The maximum Gasteiger partial charge on any atom is 0.181 e. The van der Waals surface area contributed by atoms with Gasteiger partial charge in [-0.05, 0) is 32.2 Å². The number of hydrogen-bond acceptors (Lipinski definition) is 4. The van der Waals surface area contributed by atoms with Crippen LogP contribution in [0.5, 0.6) is 0 Å². The molecule has 23 heavy (non-hydrogen) atoms. The second-order valence-electron chi connectivity index (χ2n) is 6.08. The summed E-state index contributed by atoms with van der Waals surface area (Å²) in [7, 11) is 0. The molecule has 2 unspecified atom stereocenters. The summed E-state index contributed by atoms with van der Waals surface area (Å²) in [5.41, 5.74) is 1.02. The predicted molar refractivity (Wildman–Crippen MR) is 90.8 cm³/mol. The minimum absolute atomic E-state index is 0.221. The number of benzene rings is 1. The Bertz CT molecular complexity index is 625. The van der Waals surface area contributed by atoms with Crippen LogP contribution in [0.2, 0.25) is 0 Å². The topological polar surface area (TPSA) is 65.0 Å². The van der Waals surface area contributed by atoms with E-state index < -0.39 is 0 Å². The molecule has 1 aromatic carbocycles. The van der Waals surface area contributed by atoms with Gasteiger partial charge in [-0.15, -0.1) is 6.58 Å². The van der Waals surface area contributed by atoms with Gasteiger partial charge in [0.25, 0.3) is 0 Å². The number of nitrogens with zero attached hydrogens (tertiary/aromatic N) is 3. The van der Waals surface area contributed by atoms with Crippen molar-refractivity contribution in [3.05, 3.63) is 48.8 Å². The molecule has 2 N–H and O–H groups in total. The van der Waals surface area contributed by atoms with Crippen LogP contribution in [0.3, 0.4) is 0 Å². The number of aromatic nitrogens is 3. The Labute approximate surface area is 137 Å². The SMILES string of the molecule is C=CCCC(O)CN1CCCC1c1nc(-c2ccccc2)n[nH]1. The number of likely N-dealkylation sites (tertiary alicyclic amines) is 1. The minimum Gasteiger partial charge on any atom is -0.392 e. The molecular formula is C18H24N4O. The smallest absolute Gasteiger partial charge is 0.181 e. The van der Waals surface area contributed by atoms with Crippen molar-refractivity contribution in [1.82, 2.24) is 20.1 Å². The molecule has 0 saturated carbocycles. The number of allylic oxidation sites excluding steroid dienone is 1. The quantitative estimate of drug-likeness (QED) is 0.772. The van der Waals surface area contributed by atoms with Crippen LogP contribution in [0.1, 0.15) is 37.5 Å². The first kappa shape index (κ1) is 15.9. The summed E-state index contributed by atoms with van der Waals surface area (Å²) in [5.74, 6) is 1.64. The lowest BCUT2D eigenvalue weighted by atomic mass is 10.1. The van der Waals surface area contributed by atoms with Crippen molar-refractivity contribution in [1.29, 1.82) is 0 Å². The molecule has 0 bridgehead atoms. The Kier molecular flexibility index (Phi) is 5.20. The zero-order chi connectivity index (χ0) is 16.1. The molecule has 5 heteroatoms. The molecule has 2 aromatic rings. The number of β-amino-alcohol motifs (C(OH)–C–C–N with tert-alkyl or cyclic N) is 1. The summed E-state index contributed by atoms with van der Waals surface area (Å²) in [6.45, 7) is 5.39. The molecule has 3 rings (SSSR count). The lowest BCUT2D eigenvalue weighted by Gasteiger charge is -2.25. The second-order valence-corrected chi connectivity index (χ2v) is 6.08. The monoisotopic (exact) mass is 312 g/mol. The number of H-pyrrole nitrogens is 1. The molecule has 5 nitrogen and oxygen atoms in total. The molecule has 1 aromatic heterocycles. The molecule has 122 valence electrons. The van der Waals surface area contributed by atoms with Crippen LogP contribution in [0.25, 0.3) is 11.4 Å². The third-order valence-electron chi connectivity index (χ3n) is 4.36. The van der Waals surface area contributed by atoms with Crippen LogP contribution in [-0.4, -0.2) is 44.4 Å². The van der Waals surface area contributed by atoms with E-state index in [2.05, 4.69) is 26.7 Å². The number of aliphatic hydroxyl groups excluding tert-OH is 1. The Morgan fingerprint density at radius 3 is 3.00 bits per heavy atom. The molecule has 1 saturated heterocycles. The predicted octanol–water partition coefficient (Wildman–Crippen LogP) is 2.94. The highest BCUT2D eigenvalue weighted by Gasteiger charge is 2.30. The van der Waals surface area contributed by atoms with Gasteiger partial charge in [-0.2, -0.15) is 5.10 Å². The highest BCUT2D eigenvalue weighted by Crippen LogP contribution is 2.31. The van der Waals surface area contributed by atoms with Crippen molar-refractivity contribution in [2.45, 2.75) is 37.8 Å². The fourth-order valence-electron chi connectivity index (χ4n) is 3.17. The third-order valence-corrected chi connectivity index (χ3v) is 4.36. The third kappa shape index (κ3) is 3.86. The second kappa shape index (κ2) is 7.53. The molecule has 0 aliphatic carbocycles. The molecule has 1 aliphatic rings. The van der Waals surface area contributed by atoms with Crippen molar-refractivity contribution in [2.75, 3.05) is 13.1 Å². The van der Waals surface area contributed by atoms with E-state index in [4.69, 9.17) is 0 Å². The average Bonchev–Trinajstić information content (AvgIpc) is 3.22. The number of rotatable bonds is 7. The lowest BCUT2D eigenvalue weighted by molar-refractivity contribution is 0.0979. The van der Waals surface area contributed by atoms with E-state index in [1.54, 1.807) is 0 Å². The van der Waals surface area contributed by atoms with Gasteiger partial charge < -0.3 is 5.11 Å². The standard InChI is InChI=1S/C18H24N4O/c1-2-3-10-15(23)13-22-12-7-11-16(22)18-19-17(20-21-18)14-8-5-4-6-9-14/h2,4-6,8-9,15-16,23H,1,3,7,10-13H2,(H,19,20,21). The van der Waals surface area contributed by atoms with Gasteiger partial charge in [-0.25, -0.2) is 4.98 Å². The van der Waals surface area contributed by atoms with Gasteiger partial charge in [0.2, 0.25) is 0 Å². The van der Waals surface area contributed by atoms with Crippen LogP contribution in [0, 0.1) is 0 Å². The highest BCUT2D eigenvalue weighted by atomic mass is 16.3. The molecule has 0 radical (unpaired) electrons. The van der Waals surface area contributed by atoms with E-state index in [0.717, 1.165) is 49.4 Å². The number of aromatic amines is 1. The molecule has 0 amide bonds. The number of aliphatic hydroxyl groups is 1. The van der Waals surface area contributed by atoms with Crippen molar-refractivity contribution in [3.8, 4) is 11.4 Å². The Morgan fingerprint density at radius 2 is 2.22 bits per heavy atom. The van der Waals surface area contributed by atoms with Crippen LogP contribution in [-0.2, 0) is 0 Å². The van der Waals surface area contributed by atoms with Gasteiger partial charge in [0, 0.05) is 12.1 Å². The maximum absolute atomic E-state index is 10.2. The van der Waals surface area contributed by atoms with Gasteiger partial charge in [0.05, 0.1) is 12.1 Å². The molecule has 1 aliphatic heterocycles. The summed E-state index contributed by atoms with van der Waals surface area (Å²) in [6, 6.07) is 10.2. The average molecular weight is 312 g/mol. The van der Waals surface area contributed by atoms with Crippen molar-refractivity contribution >= 4 is 0 Å². The first-order valence-corrected chi connectivity index (χ1v) is 8.28. The van der Waals surface area contributed by atoms with Crippen molar-refractivity contribution in [3.63, 3.8) is 0 Å². The van der Waals surface area contributed by atoms with E-state index in [-0.39, 0.29) is 12.1 Å². The summed E-state index contributed by atoms with van der Waals surface area (Å²) >= 11 is 0. The lowest BCUT2D eigenvalue weighted by Crippen LogP contribution is -2.32. The van der Waals surface area contributed by atoms with E-state index in [1.165, 1.54) is 0 Å². The maximum atomic E-state index is 10.2. The van der Waals surface area contributed by atoms with Crippen molar-refractivity contribution in [2.24, 2.45) is 0 Å². The van der Waals surface area contributed by atoms with Gasteiger partial charge >= 0.3 is 0 Å². The fraction of sp³-hybridized carbons (Fsp3) is 0.444. The normalized spacial score (nSPS) is 19.8. The van der Waals surface area contributed by atoms with Crippen LogP contribution in [0.4, 0.5) is 0 Å². The number of nitrogens with one attached hydrogen (secondary N) is 1. The summed E-state index contributed by atoms with van der Waals surface area (Å²) in [6.07, 6.45) is 5.33. The van der Waals surface area contributed by atoms with E-state index in [1.807, 2.05) is 36.4 Å². The van der Waals surface area contributed by atoms with Gasteiger partial charge in [-0.3, -0.25) is 10.00 Å². The Morgan fingerprint density at radius 1 is 1.39 bits per heavy atom. The molecule has 2 atom stereocenters.